The van der Waals surface area contributed by atoms with Crippen molar-refractivity contribution >= 4 is 16.7 Å². The molecule has 20 heavy (non-hydrogen) atoms. The van der Waals surface area contributed by atoms with Gasteiger partial charge in [-0.3, -0.25) is 4.79 Å². The number of nitrogens with one attached hydrogen (secondary N) is 1. The third-order valence-corrected chi connectivity index (χ3v) is 3.85. The Hall–Kier alpha value is -1.87. The maximum absolute atomic E-state index is 11.5. The van der Waals surface area contributed by atoms with Crippen molar-refractivity contribution in [1.82, 2.24) is 5.32 Å². The van der Waals surface area contributed by atoms with Crippen molar-refractivity contribution in [3.05, 3.63) is 48.0 Å². The van der Waals surface area contributed by atoms with E-state index >= 15 is 0 Å². The van der Waals surface area contributed by atoms with Gasteiger partial charge in [0.1, 0.15) is 0 Å². The monoisotopic (exact) mass is 269 g/mol. The quantitative estimate of drug-likeness (QED) is 0.877. The van der Waals surface area contributed by atoms with E-state index in [0.717, 1.165) is 29.2 Å². The number of benzene rings is 2. The topological polar surface area (TPSA) is 49.3 Å². The van der Waals surface area contributed by atoms with E-state index in [1.807, 2.05) is 42.5 Å². The van der Waals surface area contributed by atoms with Gasteiger partial charge in [-0.2, -0.15) is 0 Å². The first-order valence-corrected chi connectivity index (χ1v) is 7.19. The van der Waals surface area contributed by atoms with E-state index in [4.69, 9.17) is 0 Å². The zero-order valence-electron chi connectivity index (χ0n) is 11.4. The van der Waals surface area contributed by atoms with Crippen molar-refractivity contribution in [2.24, 2.45) is 5.92 Å². The summed E-state index contributed by atoms with van der Waals surface area (Å²) in [4.78, 5) is 11.5. The SMILES string of the molecule is O=C(NCC[C@H](O)c1cccc2ccccc12)C1CC1. The van der Waals surface area contributed by atoms with E-state index in [-0.39, 0.29) is 11.8 Å². The number of aliphatic hydroxyl groups excluding tert-OH is 1. The lowest BCUT2D eigenvalue weighted by Crippen LogP contribution is -2.26. The summed E-state index contributed by atoms with van der Waals surface area (Å²) in [5.41, 5.74) is 0.934. The number of hydrogen-bond acceptors (Lipinski definition) is 2. The molecule has 3 nitrogen and oxygen atoms in total. The van der Waals surface area contributed by atoms with Crippen LogP contribution in [-0.4, -0.2) is 17.6 Å². The van der Waals surface area contributed by atoms with Crippen LogP contribution in [0.4, 0.5) is 0 Å². The fraction of sp³-hybridized carbons (Fsp3) is 0.353. The minimum Gasteiger partial charge on any atom is -0.388 e. The van der Waals surface area contributed by atoms with Crippen LogP contribution in [-0.2, 0) is 4.79 Å². The van der Waals surface area contributed by atoms with Crippen LogP contribution in [0.1, 0.15) is 30.9 Å². The molecule has 0 bridgehead atoms. The molecule has 2 aromatic carbocycles. The van der Waals surface area contributed by atoms with Crippen molar-refractivity contribution in [2.45, 2.75) is 25.4 Å². The van der Waals surface area contributed by atoms with E-state index in [2.05, 4.69) is 5.32 Å². The molecule has 0 heterocycles. The first kappa shape index (κ1) is 13.1. The lowest BCUT2D eigenvalue weighted by Gasteiger charge is -2.14. The Morgan fingerprint density at radius 3 is 2.75 bits per heavy atom. The molecule has 0 aromatic heterocycles. The Morgan fingerprint density at radius 1 is 1.20 bits per heavy atom. The van der Waals surface area contributed by atoms with Crippen LogP contribution in [0, 0.1) is 5.92 Å². The van der Waals surface area contributed by atoms with Gasteiger partial charge in [-0.1, -0.05) is 42.5 Å². The average molecular weight is 269 g/mol. The van der Waals surface area contributed by atoms with Gasteiger partial charge in [0.05, 0.1) is 6.10 Å². The van der Waals surface area contributed by atoms with Crippen LogP contribution in [0.25, 0.3) is 10.8 Å². The molecule has 3 rings (SSSR count). The third kappa shape index (κ3) is 2.83. The van der Waals surface area contributed by atoms with E-state index in [1.54, 1.807) is 0 Å². The summed E-state index contributed by atoms with van der Waals surface area (Å²) in [7, 11) is 0. The van der Waals surface area contributed by atoms with E-state index in [1.165, 1.54) is 0 Å². The number of carbonyl (C=O) groups is 1. The Balaban J connectivity index is 1.65. The highest BCUT2D eigenvalue weighted by molar-refractivity contribution is 5.86. The maximum Gasteiger partial charge on any atom is 0.223 e. The highest BCUT2D eigenvalue weighted by Crippen LogP contribution is 2.29. The molecule has 0 radical (unpaired) electrons. The zero-order chi connectivity index (χ0) is 13.9. The molecule has 3 heteroatoms. The molecule has 1 aliphatic carbocycles. The number of rotatable bonds is 5. The van der Waals surface area contributed by atoms with Crippen LogP contribution in [0.2, 0.25) is 0 Å². The number of hydrogen-bond donors (Lipinski definition) is 2. The summed E-state index contributed by atoms with van der Waals surface area (Å²) >= 11 is 0. The van der Waals surface area contributed by atoms with Crippen molar-refractivity contribution in [3.63, 3.8) is 0 Å². The second-order valence-corrected chi connectivity index (χ2v) is 5.44. The number of carbonyl (C=O) groups excluding carboxylic acids is 1. The van der Waals surface area contributed by atoms with Crippen molar-refractivity contribution in [1.29, 1.82) is 0 Å². The molecule has 0 aliphatic heterocycles. The Kier molecular flexibility index (Phi) is 3.70. The molecule has 1 amide bonds. The molecular weight excluding hydrogens is 250 g/mol. The molecule has 1 fully saturated rings. The van der Waals surface area contributed by atoms with Gasteiger partial charge in [-0.25, -0.2) is 0 Å². The predicted octanol–water partition coefficient (Wildman–Crippen LogP) is 2.79. The molecule has 1 atom stereocenters. The summed E-state index contributed by atoms with van der Waals surface area (Å²) in [6.07, 6.45) is 2.03. The molecule has 2 N–H and O–H groups in total. The number of fused-ring (bicyclic) bond motifs is 1. The Labute approximate surface area is 118 Å². The van der Waals surface area contributed by atoms with Gasteiger partial charge < -0.3 is 10.4 Å². The molecule has 0 spiro atoms. The third-order valence-electron chi connectivity index (χ3n) is 3.85. The summed E-state index contributed by atoms with van der Waals surface area (Å²) < 4.78 is 0. The standard InChI is InChI=1S/C17H19NO2/c19-16(10-11-18-17(20)13-8-9-13)15-7-3-5-12-4-1-2-6-14(12)15/h1-7,13,16,19H,8-11H2,(H,18,20)/t16-/m0/s1. The smallest absolute Gasteiger partial charge is 0.223 e. The molecule has 104 valence electrons. The summed E-state index contributed by atoms with van der Waals surface area (Å²) in [5.74, 6) is 0.361. The predicted molar refractivity (Wildman–Crippen MR) is 79.3 cm³/mol. The van der Waals surface area contributed by atoms with Gasteiger partial charge >= 0.3 is 0 Å². The average Bonchev–Trinajstić information content (AvgIpc) is 3.31. The van der Waals surface area contributed by atoms with Crippen LogP contribution >= 0.6 is 0 Å². The minimum atomic E-state index is -0.541. The largest absolute Gasteiger partial charge is 0.388 e. The summed E-state index contributed by atoms with van der Waals surface area (Å²) in [6, 6.07) is 14.0. The van der Waals surface area contributed by atoms with Gasteiger partial charge in [0, 0.05) is 12.5 Å². The van der Waals surface area contributed by atoms with Gasteiger partial charge in [-0.05, 0) is 35.6 Å². The maximum atomic E-state index is 11.5. The first-order chi connectivity index (χ1) is 9.75. The van der Waals surface area contributed by atoms with Crippen molar-refractivity contribution in [3.8, 4) is 0 Å². The molecule has 0 unspecified atom stereocenters. The lowest BCUT2D eigenvalue weighted by molar-refractivity contribution is -0.122. The molecule has 2 aromatic rings. The molecule has 0 saturated heterocycles. The highest BCUT2D eigenvalue weighted by atomic mass is 16.3. The van der Waals surface area contributed by atoms with E-state index < -0.39 is 6.10 Å². The van der Waals surface area contributed by atoms with Crippen LogP contribution in [0.15, 0.2) is 42.5 Å². The lowest BCUT2D eigenvalue weighted by atomic mass is 9.99. The second-order valence-electron chi connectivity index (χ2n) is 5.44. The van der Waals surface area contributed by atoms with Crippen molar-refractivity contribution in [2.75, 3.05) is 6.54 Å². The normalized spacial score (nSPS) is 16.1. The van der Waals surface area contributed by atoms with E-state index in [0.29, 0.717) is 13.0 Å². The fourth-order valence-corrected chi connectivity index (χ4v) is 2.52. The summed E-state index contributed by atoms with van der Waals surface area (Å²) in [6.45, 7) is 0.528. The molecular formula is C17H19NO2. The van der Waals surface area contributed by atoms with Crippen LogP contribution in [0.5, 0.6) is 0 Å². The fourth-order valence-electron chi connectivity index (χ4n) is 2.52. The van der Waals surface area contributed by atoms with Gasteiger partial charge in [0.15, 0.2) is 0 Å². The van der Waals surface area contributed by atoms with Crippen LogP contribution in [0.3, 0.4) is 0 Å². The number of aliphatic hydroxyl groups is 1. The highest BCUT2D eigenvalue weighted by Gasteiger charge is 2.29. The van der Waals surface area contributed by atoms with Crippen molar-refractivity contribution < 1.29 is 9.90 Å². The Bertz CT molecular complexity index is 614. The number of amides is 1. The molecule has 1 saturated carbocycles. The van der Waals surface area contributed by atoms with Gasteiger partial charge in [0.2, 0.25) is 5.91 Å². The zero-order valence-corrected chi connectivity index (χ0v) is 11.4. The second kappa shape index (κ2) is 5.63. The van der Waals surface area contributed by atoms with Crippen LogP contribution < -0.4 is 5.32 Å². The Morgan fingerprint density at radius 2 is 1.95 bits per heavy atom. The summed E-state index contributed by atoms with van der Waals surface area (Å²) in [5, 5.41) is 15.4. The molecule has 1 aliphatic rings. The first-order valence-electron chi connectivity index (χ1n) is 7.19. The van der Waals surface area contributed by atoms with E-state index in [9.17, 15) is 9.90 Å². The van der Waals surface area contributed by atoms with Gasteiger partial charge in [-0.15, -0.1) is 0 Å². The minimum absolute atomic E-state index is 0.134. The van der Waals surface area contributed by atoms with Gasteiger partial charge in [0.25, 0.3) is 0 Å².